The number of fused-ring (bicyclic) bond motifs is 1. The number of anilines is 1. The van der Waals surface area contributed by atoms with Gasteiger partial charge in [-0.3, -0.25) is 0 Å². The number of hydrogen-bond donors (Lipinski definition) is 1. The minimum absolute atomic E-state index is 0.527. The van der Waals surface area contributed by atoms with Crippen molar-refractivity contribution < 1.29 is 9.15 Å². The van der Waals surface area contributed by atoms with Gasteiger partial charge in [0, 0.05) is 15.3 Å². The van der Waals surface area contributed by atoms with Gasteiger partial charge in [-0.1, -0.05) is 0 Å². The molecule has 19 heavy (non-hydrogen) atoms. The van der Waals surface area contributed by atoms with Crippen molar-refractivity contribution in [1.29, 1.82) is 0 Å². The number of ether oxygens (including phenoxy) is 1. The van der Waals surface area contributed by atoms with Crippen LogP contribution in [0.2, 0.25) is 0 Å². The van der Waals surface area contributed by atoms with E-state index in [1.54, 1.807) is 7.11 Å². The monoisotopic (exact) mass is 366 g/mol. The van der Waals surface area contributed by atoms with Gasteiger partial charge in [-0.05, 0) is 52.9 Å². The molecule has 0 spiro atoms. The molecule has 0 aliphatic carbocycles. The van der Waals surface area contributed by atoms with E-state index in [4.69, 9.17) is 14.9 Å². The molecule has 5 heteroatoms. The average Bonchev–Trinajstić information content (AvgIpc) is 2.83. The summed E-state index contributed by atoms with van der Waals surface area (Å²) < 4.78 is 12.0. The Morgan fingerprint density at radius 2 is 2.05 bits per heavy atom. The number of oxazole rings is 1. The quantitative estimate of drug-likeness (QED) is 0.555. The lowest BCUT2D eigenvalue weighted by molar-refractivity contribution is 0.414. The smallest absolute Gasteiger partial charge is 0.229 e. The third-order valence-corrected chi connectivity index (χ3v) is 3.51. The first-order valence-electron chi connectivity index (χ1n) is 5.67. The molecule has 0 atom stereocenters. The Kier molecular flexibility index (Phi) is 3.06. The molecule has 2 aromatic carbocycles. The lowest BCUT2D eigenvalue weighted by Crippen LogP contribution is -1.90. The lowest BCUT2D eigenvalue weighted by Gasteiger charge is -2.01. The Bertz CT molecular complexity index is 752. The highest BCUT2D eigenvalue weighted by molar-refractivity contribution is 14.1. The molecule has 0 radical (unpaired) electrons. The Hall–Kier alpha value is -1.76. The molecular formula is C14H11IN2O2. The highest BCUT2D eigenvalue weighted by Gasteiger charge is 2.12. The van der Waals surface area contributed by atoms with Crippen LogP contribution in [0.4, 0.5) is 5.69 Å². The number of nitrogens with zero attached hydrogens (tertiary/aromatic N) is 1. The van der Waals surface area contributed by atoms with Gasteiger partial charge in [0.25, 0.3) is 0 Å². The van der Waals surface area contributed by atoms with Gasteiger partial charge < -0.3 is 14.9 Å². The van der Waals surface area contributed by atoms with E-state index in [0.717, 1.165) is 20.4 Å². The summed E-state index contributed by atoms with van der Waals surface area (Å²) in [5, 5.41) is 0. The SMILES string of the molecule is COc1ccc2nc(-c3cc(I)ccc3N)oc2c1. The molecule has 1 heterocycles. The van der Waals surface area contributed by atoms with E-state index in [1.165, 1.54) is 0 Å². The lowest BCUT2D eigenvalue weighted by atomic mass is 10.2. The van der Waals surface area contributed by atoms with Gasteiger partial charge in [0.15, 0.2) is 5.58 Å². The summed E-state index contributed by atoms with van der Waals surface area (Å²) in [6.07, 6.45) is 0. The van der Waals surface area contributed by atoms with E-state index in [9.17, 15) is 0 Å². The second-order valence-electron chi connectivity index (χ2n) is 4.08. The van der Waals surface area contributed by atoms with Gasteiger partial charge in [0.1, 0.15) is 11.3 Å². The summed E-state index contributed by atoms with van der Waals surface area (Å²) in [7, 11) is 1.62. The molecule has 96 valence electrons. The van der Waals surface area contributed by atoms with Crippen LogP contribution in [-0.2, 0) is 0 Å². The van der Waals surface area contributed by atoms with Crippen molar-refractivity contribution in [1.82, 2.24) is 4.98 Å². The molecule has 0 aliphatic rings. The van der Waals surface area contributed by atoms with E-state index in [-0.39, 0.29) is 0 Å². The maximum Gasteiger partial charge on any atom is 0.229 e. The number of benzene rings is 2. The fourth-order valence-electron chi connectivity index (χ4n) is 1.86. The summed E-state index contributed by atoms with van der Waals surface area (Å²) in [5.74, 6) is 1.27. The maximum atomic E-state index is 5.97. The Morgan fingerprint density at radius 1 is 1.21 bits per heavy atom. The minimum Gasteiger partial charge on any atom is -0.497 e. The summed E-state index contributed by atoms with van der Waals surface area (Å²) in [4.78, 5) is 4.45. The summed E-state index contributed by atoms with van der Waals surface area (Å²) in [6, 6.07) is 11.3. The predicted octanol–water partition coefficient (Wildman–Crippen LogP) is 3.69. The number of halogens is 1. The molecule has 0 saturated carbocycles. The molecule has 3 aromatic rings. The molecule has 4 nitrogen and oxygen atoms in total. The molecule has 0 fully saturated rings. The van der Waals surface area contributed by atoms with Crippen LogP contribution in [0.5, 0.6) is 5.75 Å². The molecular weight excluding hydrogens is 355 g/mol. The fourth-order valence-corrected chi connectivity index (χ4v) is 2.35. The predicted molar refractivity (Wildman–Crippen MR) is 83.1 cm³/mol. The fraction of sp³-hybridized carbons (Fsp3) is 0.0714. The number of rotatable bonds is 2. The molecule has 3 rings (SSSR count). The van der Waals surface area contributed by atoms with Crippen LogP contribution in [0.15, 0.2) is 40.8 Å². The van der Waals surface area contributed by atoms with E-state index in [2.05, 4.69) is 27.6 Å². The third kappa shape index (κ3) is 2.25. The zero-order chi connectivity index (χ0) is 13.4. The van der Waals surface area contributed by atoms with Gasteiger partial charge in [-0.15, -0.1) is 0 Å². The normalized spacial score (nSPS) is 10.8. The Morgan fingerprint density at radius 3 is 2.84 bits per heavy atom. The van der Waals surface area contributed by atoms with Gasteiger partial charge in [-0.2, -0.15) is 0 Å². The van der Waals surface area contributed by atoms with Gasteiger partial charge in [0.2, 0.25) is 5.89 Å². The van der Waals surface area contributed by atoms with Crippen molar-refractivity contribution in [3.63, 3.8) is 0 Å². The standard InChI is InChI=1S/C14H11IN2O2/c1-18-9-3-5-12-13(7-9)19-14(17-12)10-6-8(15)2-4-11(10)16/h2-7H,16H2,1H3. The van der Waals surface area contributed by atoms with E-state index in [0.29, 0.717) is 17.2 Å². The van der Waals surface area contributed by atoms with Crippen molar-refractivity contribution in [3.05, 3.63) is 40.0 Å². The summed E-state index contributed by atoms with van der Waals surface area (Å²) in [5.41, 5.74) is 8.90. The average molecular weight is 366 g/mol. The first-order valence-corrected chi connectivity index (χ1v) is 6.75. The first kappa shape index (κ1) is 12.3. The molecule has 0 aliphatic heterocycles. The van der Waals surface area contributed by atoms with Crippen molar-refractivity contribution in [3.8, 4) is 17.2 Å². The summed E-state index contributed by atoms with van der Waals surface area (Å²) >= 11 is 2.23. The van der Waals surface area contributed by atoms with Crippen LogP contribution >= 0.6 is 22.6 Å². The van der Waals surface area contributed by atoms with Gasteiger partial charge in [0.05, 0.1) is 12.7 Å². The topological polar surface area (TPSA) is 61.3 Å². The first-order chi connectivity index (χ1) is 9.17. The van der Waals surface area contributed by atoms with Crippen LogP contribution in [0.1, 0.15) is 0 Å². The molecule has 1 aromatic heterocycles. The molecule has 2 N–H and O–H groups in total. The zero-order valence-corrected chi connectivity index (χ0v) is 12.3. The molecule has 0 amide bonds. The van der Waals surface area contributed by atoms with Gasteiger partial charge >= 0.3 is 0 Å². The van der Waals surface area contributed by atoms with E-state index < -0.39 is 0 Å². The van der Waals surface area contributed by atoms with Crippen molar-refractivity contribution in [2.75, 3.05) is 12.8 Å². The number of hydrogen-bond acceptors (Lipinski definition) is 4. The summed E-state index contributed by atoms with van der Waals surface area (Å²) in [6.45, 7) is 0. The molecule has 0 bridgehead atoms. The van der Waals surface area contributed by atoms with Crippen LogP contribution in [0.3, 0.4) is 0 Å². The second kappa shape index (κ2) is 4.73. The largest absolute Gasteiger partial charge is 0.497 e. The number of nitrogen functional groups attached to an aromatic ring is 1. The maximum absolute atomic E-state index is 5.97. The van der Waals surface area contributed by atoms with E-state index in [1.807, 2.05) is 36.4 Å². The highest BCUT2D eigenvalue weighted by Crippen LogP contribution is 2.31. The third-order valence-electron chi connectivity index (χ3n) is 2.84. The van der Waals surface area contributed by atoms with Crippen LogP contribution in [0, 0.1) is 3.57 Å². The second-order valence-corrected chi connectivity index (χ2v) is 5.33. The molecule has 0 saturated heterocycles. The zero-order valence-electron chi connectivity index (χ0n) is 10.2. The molecule has 0 unspecified atom stereocenters. The van der Waals surface area contributed by atoms with Gasteiger partial charge in [-0.25, -0.2) is 4.98 Å². The Balaban J connectivity index is 2.17. The minimum atomic E-state index is 0.527. The highest BCUT2D eigenvalue weighted by atomic mass is 127. The number of aromatic nitrogens is 1. The van der Waals surface area contributed by atoms with Crippen molar-refractivity contribution in [2.45, 2.75) is 0 Å². The number of methoxy groups -OCH3 is 1. The van der Waals surface area contributed by atoms with Crippen molar-refractivity contribution in [2.24, 2.45) is 0 Å². The Labute approximate surface area is 123 Å². The number of nitrogens with two attached hydrogens (primary N) is 1. The van der Waals surface area contributed by atoms with Crippen LogP contribution in [0.25, 0.3) is 22.6 Å². The van der Waals surface area contributed by atoms with Crippen molar-refractivity contribution >= 4 is 39.4 Å². The van der Waals surface area contributed by atoms with Crippen LogP contribution in [-0.4, -0.2) is 12.1 Å². The van der Waals surface area contributed by atoms with Crippen LogP contribution < -0.4 is 10.5 Å². The van der Waals surface area contributed by atoms with E-state index >= 15 is 0 Å².